The second-order valence-corrected chi connectivity index (χ2v) is 6.31. The summed E-state index contributed by atoms with van der Waals surface area (Å²) in [6.07, 6.45) is 5.69. The van der Waals surface area contributed by atoms with Crippen LogP contribution in [0.1, 0.15) is 12.8 Å². The zero-order valence-electron chi connectivity index (χ0n) is 9.37. The van der Waals surface area contributed by atoms with Gasteiger partial charge in [0.2, 0.25) is 5.91 Å². The van der Waals surface area contributed by atoms with E-state index in [2.05, 4.69) is 44.0 Å². The summed E-state index contributed by atoms with van der Waals surface area (Å²) in [5, 5.41) is 0. The zero-order valence-corrected chi connectivity index (χ0v) is 12.5. The molecule has 0 aromatic heterocycles. The number of nitrogens with zero attached hydrogens (tertiary/aromatic N) is 1. The number of rotatable bonds is 1. The number of carbonyl (C=O) groups excluding carboxylic acids is 1. The van der Waals surface area contributed by atoms with E-state index in [4.69, 9.17) is 0 Å². The molecule has 1 aliphatic carbocycles. The molecule has 0 spiro atoms. The van der Waals surface area contributed by atoms with Crippen LogP contribution in [0.3, 0.4) is 0 Å². The summed E-state index contributed by atoms with van der Waals surface area (Å²) in [5.74, 6) is 0.131. The average Bonchev–Trinajstić information content (AvgIpc) is 2.80. The first-order valence-corrected chi connectivity index (χ1v) is 7.30. The maximum atomic E-state index is 13.3. The molecule has 3 rings (SSSR count). The largest absolute Gasteiger partial charge is 0.303 e. The van der Waals surface area contributed by atoms with E-state index in [0.717, 1.165) is 12.1 Å². The topological polar surface area (TPSA) is 20.3 Å². The van der Waals surface area contributed by atoms with Gasteiger partial charge in [0.25, 0.3) is 0 Å². The van der Waals surface area contributed by atoms with Crippen LogP contribution in [0.2, 0.25) is 0 Å². The first kappa shape index (κ1) is 12.4. The van der Waals surface area contributed by atoms with Gasteiger partial charge in [-0.05, 0) is 56.3 Å². The first-order valence-electron chi connectivity index (χ1n) is 5.71. The van der Waals surface area contributed by atoms with E-state index in [1.165, 1.54) is 12.1 Å². The van der Waals surface area contributed by atoms with Crippen LogP contribution in [0, 0.1) is 11.7 Å². The Morgan fingerprint density at radius 3 is 2.61 bits per heavy atom. The molecule has 0 radical (unpaired) electrons. The molecule has 1 fully saturated rings. The normalized spacial score (nSPS) is 25.9. The summed E-state index contributed by atoms with van der Waals surface area (Å²) in [6, 6.07) is 2.88. The van der Waals surface area contributed by atoms with Gasteiger partial charge in [0.05, 0.1) is 11.7 Å². The number of fused-ring (bicyclic) bond motifs is 1. The number of carbonyl (C=O) groups is 1. The molecule has 18 heavy (non-hydrogen) atoms. The lowest BCUT2D eigenvalue weighted by Gasteiger charge is -2.25. The van der Waals surface area contributed by atoms with Crippen LogP contribution in [0.4, 0.5) is 10.1 Å². The minimum atomic E-state index is -0.331. The molecule has 0 N–H and O–H groups in total. The second kappa shape index (κ2) is 4.46. The number of hydrogen-bond acceptors (Lipinski definition) is 1. The van der Waals surface area contributed by atoms with Gasteiger partial charge in [0, 0.05) is 15.4 Å². The molecular formula is C13H10Br2FNO. The van der Waals surface area contributed by atoms with Crippen LogP contribution < -0.4 is 4.90 Å². The number of amides is 1. The van der Waals surface area contributed by atoms with Crippen LogP contribution in [0.5, 0.6) is 0 Å². The highest BCUT2D eigenvalue weighted by molar-refractivity contribution is 9.11. The maximum Gasteiger partial charge on any atom is 0.227 e. The number of benzene rings is 1. The highest BCUT2D eigenvalue weighted by atomic mass is 79.9. The van der Waals surface area contributed by atoms with Crippen molar-refractivity contribution in [3.63, 3.8) is 0 Å². The number of anilines is 1. The Morgan fingerprint density at radius 1 is 1.28 bits per heavy atom. The van der Waals surface area contributed by atoms with E-state index in [0.29, 0.717) is 21.3 Å². The van der Waals surface area contributed by atoms with Gasteiger partial charge in [-0.2, -0.15) is 0 Å². The predicted octanol–water partition coefficient (Wildman–Crippen LogP) is 4.03. The summed E-state index contributed by atoms with van der Waals surface area (Å²) >= 11 is 6.69. The SMILES string of the molecule is O=C1C[C@H]2CC=C[C@H]2N1c1c(Br)cc(F)cc1Br. The van der Waals surface area contributed by atoms with Crippen molar-refractivity contribution in [2.75, 3.05) is 4.90 Å². The van der Waals surface area contributed by atoms with Crippen molar-refractivity contribution in [1.29, 1.82) is 0 Å². The highest BCUT2D eigenvalue weighted by Gasteiger charge is 2.42. The molecule has 1 aromatic rings. The van der Waals surface area contributed by atoms with Crippen molar-refractivity contribution < 1.29 is 9.18 Å². The highest BCUT2D eigenvalue weighted by Crippen LogP contribution is 2.43. The van der Waals surface area contributed by atoms with Gasteiger partial charge in [0.1, 0.15) is 5.82 Å². The molecule has 5 heteroatoms. The molecule has 94 valence electrons. The van der Waals surface area contributed by atoms with Crippen molar-refractivity contribution in [3.8, 4) is 0 Å². The van der Waals surface area contributed by atoms with Gasteiger partial charge >= 0.3 is 0 Å². The third-order valence-electron chi connectivity index (χ3n) is 3.48. The molecule has 1 aromatic carbocycles. The third-order valence-corrected chi connectivity index (χ3v) is 4.69. The van der Waals surface area contributed by atoms with Gasteiger partial charge in [-0.3, -0.25) is 4.79 Å². The van der Waals surface area contributed by atoms with Gasteiger partial charge in [-0.15, -0.1) is 0 Å². The lowest BCUT2D eigenvalue weighted by atomic mass is 10.0. The van der Waals surface area contributed by atoms with Crippen LogP contribution in [0.25, 0.3) is 0 Å². The zero-order chi connectivity index (χ0) is 12.9. The van der Waals surface area contributed by atoms with Crippen molar-refractivity contribution >= 4 is 43.5 Å². The number of halogens is 3. The molecule has 2 aliphatic rings. The minimum absolute atomic E-state index is 0.0994. The van der Waals surface area contributed by atoms with Crippen molar-refractivity contribution in [3.05, 3.63) is 39.0 Å². The minimum Gasteiger partial charge on any atom is -0.303 e. The lowest BCUT2D eigenvalue weighted by molar-refractivity contribution is -0.117. The molecule has 2 atom stereocenters. The smallest absolute Gasteiger partial charge is 0.227 e. The Kier molecular flexibility index (Phi) is 3.06. The average molecular weight is 375 g/mol. The van der Waals surface area contributed by atoms with E-state index in [9.17, 15) is 9.18 Å². The molecule has 2 nitrogen and oxygen atoms in total. The quantitative estimate of drug-likeness (QED) is 0.679. The molecule has 0 saturated carbocycles. The molecule has 0 bridgehead atoms. The first-order chi connectivity index (χ1) is 8.58. The Labute approximate surface area is 121 Å². The molecule has 1 heterocycles. The summed E-state index contributed by atoms with van der Waals surface area (Å²) in [4.78, 5) is 13.9. The summed E-state index contributed by atoms with van der Waals surface area (Å²) in [7, 11) is 0. The van der Waals surface area contributed by atoms with Gasteiger partial charge in [0.15, 0.2) is 0 Å². The molecule has 1 amide bonds. The van der Waals surface area contributed by atoms with Crippen LogP contribution in [0.15, 0.2) is 33.2 Å². The fourth-order valence-corrected chi connectivity index (χ4v) is 4.23. The van der Waals surface area contributed by atoms with E-state index in [-0.39, 0.29) is 17.8 Å². The molecule has 1 aliphatic heterocycles. The maximum absolute atomic E-state index is 13.3. The number of hydrogen-bond donors (Lipinski definition) is 0. The Balaban J connectivity index is 2.09. The molecule has 0 unspecified atom stereocenters. The fourth-order valence-electron chi connectivity index (χ4n) is 2.72. The van der Waals surface area contributed by atoms with Crippen molar-refractivity contribution in [2.45, 2.75) is 18.9 Å². The Hall–Kier alpha value is -0.680. The van der Waals surface area contributed by atoms with Crippen LogP contribution in [-0.2, 0) is 4.79 Å². The Bertz CT molecular complexity index is 535. The molecule has 1 saturated heterocycles. The summed E-state index contributed by atoms with van der Waals surface area (Å²) in [5.41, 5.74) is 0.723. The van der Waals surface area contributed by atoms with Gasteiger partial charge in [-0.1, -0.05) is 12.2 Å². The predicted molar refractivity (Wildman–Crippen MR) is 74.9 cm³/mol. The van der Waals surface area contributed by atoms with Gasteiger partial charge in [-0.25, -0.2) is 4.39 Å². The summed E-state index contributed by atoms with van der Waals surface area (Å²) in [6.45, 7) is 0. The Morgan fingerprint density at radius 2 is 1.94 bits per heavy atom. The van der Waals surface area contributed by atoms with Crippen LogP contribution >= 0.6 is 31.9 Å². The summed E-state index contributed by atoms with van der Waals surface area (Å²) < 4.78 is 14.5. The van der Waals surface area contributed by atoms with Crippen molar-refractivity contribution in [2.24, 2.45) is 5.92 Å². The van der Waals surface area contributed by atoms with E-state index in [1.54, 1.807) is 4.90 Å². The van der Waals surface area contributed by atoms with Gasteiger partial charge < -0.3 is 4.90 Å². The third kappa shape index (κ3) is 1.84. The standard InChI is InChI=1S/C13H10Br2FNO/c14-9-5-8(16)6-10(15)13(9)17-11-3-1-2-7(11)4-12(17)18/h1,3,5-7,11H,2,4H2/t7-,11-/m1/s1. The van der Waals surface area contributed by atoms with E-state index < -0.39 is 0 Å². The van der Waals surface area contributed by atoms with Crippen molar-refractivity contribution in [1.82, 2.24) is 0 Å². The van der Waals surface area contributed by atoms with Crippen LogP contribution in [-0.4, -0.2) is 11.9 Å². The lowest BCUT2D eigenvalue weighted by Crippen LogP contribution is -2.33. The fraction of sp³-hybridized carbons (Fsp3) is 0.308. The van der Waals surface area contributed by atoms with E-state index in [1.807, 2.05) is 0 Å². The van der Waals surface area contributed by atoms with E-state index >= 15 is 0 Å². The number of allylic oxidation sites excluding steroid dienone is 1. The monoisotopic (exact) mass is 373 g/mol. The second-order valence-electron chi connectivity index (χ2n) is 4.60. The molecular weight excluding hydrogens is 365 g/mol.